The van der Waals surface area contributed by atoms with Crippen LogP contribution in [0.25, 0.3) is 43.8 Å². The number of terminal acetylenes is 1. The zero-order valence-electron chi connectivity index (χ0n) is 44.5. The van der Waals surface area contributed by atoms with Crippen molar-refractivity contribution in [2.45, 2.75) is 113 Å². The molecule has 7 aliphatic rings. The number of nitrogens with zero attached hydrogens (tertiary/aromatic N) is 9. The monoisotopic (exact) mass is 1080 g/mol. The van der Waals surface area contributed by atoms with Gasteiger partial charge >= 0.3 is 12.1 Å². The molecule has 19 heteroatoms. The third-order valence-corrected chi connectivity index (χ3v) is 18.5. The molecule has 6 fully saturated rings. The Balaban J connectivity index is 0.641. The Bertz CT molecular complexity index is 3450. The number of pyridine rings is 1. The SMILES string of the molecule is C#Cc1c(F)ccc2cccc(-c3nc4c5c(nc(OC[C@@]67CCCN6[C@H](COC(=O)N6CC[C@@H](CC8CCN(c9ccc%10c(C%11CCC(=O)NC%11=O)nn(C)c%10c9)CC8)[C@@H](F)C6)CC7)nc5c3F)N3CCCOC[C@@H]3CC4)c12. The van der Waals surface area contributed by atoms with Gasteiger partial charge in [-0.25, -0.2) is 22.9 Å². The number of nitrogens with one attached hydrogen (secondary N) is 1. The first-order valence-corrected chi connectivity index (χ1v) is 28.4. The number of amides is 3. The molecule has 10 heterocycles. The standard InChI is InChI=1S/C60H65F3N10O6/c1-3-41-45(61)14-9-36-7-4-8-43(50(36)41)54-52(63)55-51-47(64-54)15-11-39-32-77-28-6-23-72(39)56(51)67-58(66-55)79-34-60-21-5-24-73(60)40(17-22-60)33-78-59(76)71-27-20-37(46(62)31-71)29-35-18-25-70(26-19-35)38-10-12-42-48(30-38)69(2)68-53(42)44-13-16-49(74)65-57(44)75/h1,4,7-10,12,14,30,35,37,39-40,44,46H,5-6,11,13,15-29,31-34H2,2H3,(H,65,74,75)/t37-,39-,40-,44?,46-,60-/m0/s1. The van der Waals surface area contributed by atoms with E-state index in [9.17, 15) is 14.4 Å². The van der Waals surface area contributed by atoms with Gasteiger partial charge in [0.1, 0.15) is 42.2 Å². The smallest absolute Gasteiger partial charge is 0.409 e. The van der Waals surface area contributed by atoms with Gasteiger partial charge in [-0.2, -0.15) is 15.1 Å². The molecular formula is C60H65F3N10O6. The number of hydrogen-bond donors (Lipinski definition) is 1. The van der Waals surface area contributed by atoms with Gasteiger partial charge < -0.3 is 28.9 Å². The summed E-state index contributed by atoms with van der Waals surface area (Å²) in [5.74, 6) is 1.08. The summed E-state index contributed by atoms with van der Waals surface area (Å²) in [7, 11) is 1.88. The van der Waals surface area contributed by atoms with Crippen LogP contribution < -0.4 is 19.9 Å². The number of carbonyl (C=O) groups excluding carboxylic acids is 3. The maximum Gasteiger partial charge on any atom is 0.409 e. The van der Waals surface area contributed by atoms with Crippen molar-refractivity contribution in [2.24, 2.45) is 18.9 Å². The first-order valence-electron chi connectivity index (χ1n) is 28.4. The highest BCUT2D eigenvalue weighted by atomic mass is 19.1. The summed E-state index contributed by atoms with van der Waals surface area (Å²) in [5, 5.41) is 9.68. The highest BCUT2D eigenvalue weighted by Crippen LogP contribution is 2.45. The summed E-state index contributed by atoms with van der Waals surface area (Å²) in [6.07, 6.45) is 13.6. The fourth-order valence-corrected chi connectivity index (χ4v) is 14.3. The van der Waals surface area contributed by atoms with E-state index < -0.39 is 29.8 Å². The van der Waals surface area contributed by atoms with Crippen LogP contribution in [0.1, 0.15) is 99.9 Å². The number of halogens is 3. The van der Waals surface area contributed by atoms with E-state index in [0.29, 0.717) is 103 Å². The average molecular weight is 1080 g/mol. The summed E-state index contributed by atoms with van der Waals surface area (Å²) in [5.41, 5.74) is 3.54. The molecule has 3 amide bonds. The topological polar surface area (TPSA) is 160 Å². The molecule has 412 valence electrons. The summed E-state index contributed by atoms with van der Waals surface area (Å²) in [6, 6.07) is 14.5. The van der Waals surface area contributed by atoms with Crippen LogP contribution in [0.5, 0.6) is 6.01 Å². The second kappa shape index (κ2) is 20.9. The van der Waals surface area contributed by atoms with Crippen LogP contribution in [0.2, 0.25) is 0 Å². The molecule has 0 bridgehead atoms. The van der Waals surface area contributed by atoms with Gasteiger partial charge in [-0.1, -0.05) is 30.2 Å². The van der Waals surface area contributed by atoms with E-state index in [1.807, 2.05) is 23.9 Å². The normalized spacial score (nSPS) is 25.8. The van der Waals surface area contributed by atoms with E-state index in [1.165, 1.54) is 11.0 Å². The first-order chi connectivity index (χ1) is 38.4. The number of hydrogen-bond acceptors (Lipinski definition) is 13. The van der Waals surface area contributed by atoms with Gasteiger partial charge in [0.25, 0.3) is 0 Å². The maximum atomic E-state index is 17.5. The number of anilines is 2. The number of rotatable bonds is 10. The van der Waals surface area contributed by atoms with E-state index in [4.69, 9.17) is 40.7 Å². The van der Waals surface area contributed by atoms with Crippen molar-refractivity contribution in [3.05, 3.63) is 77.1 Å². The van der Waals surface area contributed by atoms with Crippen molar-refractivity contribution in [3.8, 4) is 29.6 Å². The molecule has 0 saturated carbocycles. The van der Waals surface area contributed by atoms with Gasteiger partial charge in [-0.05, 0) is 125 Å². The lowest BCUT2D eigenvalue weighted by molar-refractivity contribution is -0.134. The molecule has 0 radical (unpaired) electrons. The Morgan fingerprint density at radius 3 is 2.65 bits per heavy atom. The summed E-state index contributed by atoms with van der Waals surface area (Å²) in [6.45, 7) is 5.16. The van der Waals surface area contributed by atoms with Crippen molar-refractivity contribution >= 4 is 62.0 Å². The minimum Gasteiger partial charge on any atom is -0.461 e. The molecule has 13 rings (SSSR count). The lowest BCUT2D eigenvalue weighted by Crippen LogP contribution is -2.49. The Labute approximate surface area is 456 Å². The molecule has 7 aliphatic heterocycles. The molecule has 6 atom stereocenters. The number of aromatic nitrogens is 5. The van der Waals surface area contributed by atoms with E-state index in [1.54, 1.807) is 18.2 Å². The number of benzene rings is 3. The number of imide groups is 1. The Morgan fingerprint density at radius 2 is 1.81 bits per heavy atom. The van der Waals surface area contributed by atoms with Crippen LogP contribution in [0.3, 0.4) is 0 Å². The predicted octanol–water partition coefficient (Wildman–Crippen LogP) is 8.53. The molecule has 16 nitrogen and oxygen atoms in total. The van der Waals surface area contributed by atoms with Gasteiger partial charge in [0, 0.05) is 74.3 Å². The quantitative estimate of drug-likeness (QED) is 0.103. The third kappa shape index (κ3) is 9.35. The Hall–Kier alpha value is -7.04. The Morgan fingerprint density at radius 1 is 0.937 bits per heavy atom. The van der Waals surface area contributed by atoms with Crippen LogP contribution in [-0.4, -0.2) is 142 Å². The number of likely N-dealkylation sites (tertiary alicyclic amines) is 1. The molecule has 6 aromatic rings. The fraction of sp³-hybridized carbons (Fsp3) is 0.517. The molecule has 79 heavy (non-hydrogen) atoms. The van der Waals surface area contributed by atoms with Crippen molar-refractivity contribution in [1.82, 2.24) is 39.8 Å². The number of ether oxygens (including phenoxy) is 3. The number of alkyl halides is 1. The molecule has 3 aromatic carbocycles. The molecule has 0 spiro atoms. The van der Waals surface area contributed by atoms with Crippen molar-refractivity contribution in [3.63, 3.8) is 0 Å². The third-order valence-electron chi connectivity index (χ3n) is 18.5. The van der Waals surface area contributed by atoms with Crippen LogP contribution in [0, 0.1) is 35.8 Å². The maximum absolute atomic E-state index is 17.5. The number of fused-ring (bicyclic) bond motifs is 5. The van der Waals surface area contributed by atoms with Gasteiger partial charge in [0.05, 0.1) is 58.5 Å². The molecular weight excluding hydrogens is 1010 g/mol. The van der Waals surface area contributed by atoms with E-state index in [0.717, 1.165) is 87.6 Å². The zero-order valence-corrected chi connectivity index (χ0v) is 44.5. The predicted molar refractivity (Wildman–Crippen MR) is 292 cm³/mol. The fourth-order valence-electron chi connectivity index (χ4n) is 14.3. The minimum absolute atomic E-state index is 0.0189. The largest absolute Gasteiger partial charge is 0.461 e. The second-order valence-corrected chi connectivity index (χ2v) is 23.0. The lowest BCUT2D eigenvalue weighted by atomic mass is 9.82. The number of carbonyl (C=O) groups is 3. The summed E-state index contributed by atoms with van der Waals surface area (Å²) < 4.78 is 69.1. The lowest BCUT2D eigenvalue weighted by Gasteiger charge is -2.39. The van der Waals surface area contributed by atoms with E-state index in [2.05, 4.69) is 38.1 Å². The average Bonchev–Trinajstić information content (AvgIpc) is 4.26. The second-order valence-electron chi connectivity index (χ2n) is 23.0. The zero-order chi connectivity index (χ0) is 54.1. The molecule has 0 aliphatic carbocycles. The highest BCUT2D eigenvalue weighted by molar-refractivity contribution is 6.04. The molecule has 1 unspecified atom stereocenters. The van der Waals surface area contributed by atoms with Crippen molar-refractivity contribution < 1.29 is 41.8 Å². The Kier molecular flexibility index (Phi) is 13.6. The van der Waals surface area contributed by atoms with E-state index >= 15 is 13.2 Å². The minimum atomic E-state index is -1.14. The number of piperidine rings is 3. The summed E-state index contributed by atoms with van der Waals surface area (Å²) >= 11 is 0. The van der Waals surface area contributed by atoms with Crippen molar-refractivity contribution in [1.29, 1.82) is 0 Å². The van der Waals surface area contributed by atoms with Gasteiger partial charge in [0.2, 0.25) is 11.8 Å². The molecule has 3 aromatic heterocycles. The highest BCUT2D eigenvalue weighted by Gasteiger charge is 2.50. The first kappa shape index (κ1) is 51.4. The van der Waals surface area contributed by atoms with Crippen LogP contribution in [0.4, 0.5) is 29.5 Å². The van der Waals surface area contributed by atoms with Crippen LogP contribution in [0.15, 0.2) is 48.5 Å². The van der Waals surface area contributed by atoms with Crippen LogP contribution >= 0.6 is 0 Å². The number of aryl methyl sites for hydroxylation is 2. The van der Waals surface area contributed by atoms with Gasteiger partial charge in [-0.15, -0.1) is 6.42 Å². The van der Waals surface area contributed by atoms with E-state index in [-0.39, 0.29) is 77.9 Å². The van der Waals surface area contributed by atoms with Crippen molar-refractivity contribution in [2.75, 3.05) is 75.5 Å². The van der Waals surface area contributed by atoms with Gasteiger partial charge in [-0.3, -0.25) is 24.5 Å². The van der Waals surface area contributed by atoms with Gasteiger partial charge in [0.15, 0.2) is 5.82 Å². The molecule has 6 saturated heterocycles. The molecule has 1 N–H and O–H groups in total. The summed E-state index contributed by atoms with van der Waals surface area (Å²) in [4.78, 5) is 61.4. The van der Waals surface area contributed by atoms with Crippen LogP contribution in [-0.2, 0) is 32.5 Å².